The Kier molecular flexibility index (Phi) is 4.88. The van der Waals surface area contributed by atoms with Crippen molar-refractivity contribution >= 4 is 27.0 Å². The summed E-state index contributed by atoms with van der Waals surface area (Å²) in [6.45, 7) is 0.0249. The third-order valence-electron chi connectivity index (χ3n) is 3.17. The van der Waals surface area contributed by atoms with Gasteiger partial charge in [0.25, 0.3) is 11.6 Å². The number of hydrogen-bond acceptors (Lipinski definition) is 8. The number of aromatic nitrogens is 2. The molecule has 0 radical (unpaired) electrons. The molecule has 0 aliphatic rings. The summed E-state index contributed by atoms with van der Waals surface area (Å²) >= 11 is 1.46. The van der Waals surface area contributed by atoms with E-state index in [1.807, 2.05) is 17.5 Å². The van der Waals surface area contributed by atoms with Crippen LogP contribution in [0.15, 0.2) is 51.1 Å². The lowest BCUT2D eigenvalue weighted by Crippen LogP contribution is -2.26. The number of hydrogen-bond donors (Lipinski definition) is 1. The van der Waals surface area contributed by atoms with Crippen molar-refractivity contribution in [3.63, 3.8) is 0 Å². The van der Waals surface area contributed by atoms with Gasteiger partial charge in [-0.1, -0.05) is 12.1 Å². The number of benzene rings is 1. The largest absolute Gasteiger partial charge is 0.420 e. The standard InChI is InChI=1S/C14H12N4O5S2/c19-18(20)10-3-1-4-11(9-10)25(21,22)15-7-6-13-16-17-14(23-13)12-5-2-8-24-12/h1-5,8-9,15H,6-7H2. The molecule has 11 heteroatoms. The molecule has 3 rings (SSSR count). The molecule has 2 aromatic heterocycles. The number of rotatable bonds is 7. The molecule has 0 fully saturated rings. The van der Waals surface area contributed by atoms with Crippen molar-refractivity contribution in [1.29, 1.82) is 0 Å². The predicted octanol–water partition coefficient (Wildman–Crippen LogP) is 2.23. The first-order chi connectivity index (χ1) is 12.0. The van der Waals surface area contributed by atoms with Crippen molar-refractivity contribution in [1.82, 2.24) is 14.9 Å². The van der Waals surface area contributed by atoms with Crippen molar-refractivity contribution in [2.24, 2.45) is 0 Å². The summed E-state index contributed by atoms with van der Waals surface area (Å²) in [6.07, 6.45) is 0.201. The van der Waals surface area contributed by atoms with Crippen LogP contribution in [0.25, 0.3) is 10.8 Å². The number of nitro groups is 1. The van der Waals surface area contributed by atoms with Crippen LogP contribution in [0, 0.1) is 10.1 Å². The Morgan fingerprint density at radius 3 is 2.80 bits per heavy atom. The number of nitro benzene ring substituents is 1. The predicted molar refractivity (Wildman–Crippen MR) is 89.6 cm³/mol. The smallest absolute Gasteiger partial charge is 0.270 e. The first-order valence-corrected chi connectivity index (χ1v) is 9.42. The van der Waals surface area contributed by atoms with Crippen molar-refractivity contribution in [2.75, 3.05) is 6.54 Å². The van der Waals surface area contributed by atoms with Crippen molar-refractivity contribution in [3.05, 3.63) is 57.8 Å². The van der Waals surface area contributed by atoms with Gasteiger partial charge in [0.05, 0.1) is 14.7 Å². The molecule has 0 bridgehead atoms. The molecular formula is C14H12N4O5S2. The van der Waals surface area contributed by atoms with Crippen LogP contribution in [0.4, 0.5) is 5.69 Å². The molecule has 2 heterocycles. The van der Waals surface area contributed by atoms with Gasteiger partial charge in [0.1, 0.15) is 0 Å². The highest BCUT2D eigenvalue weighted by Crippen LogP contribution is 2.23. The lowest BCUT2D eigenvalue weighted by atomic mass is 10.3. The SMILES string of the molecule is O=[N+]([O-])c1cccc(S(=O)(=O)NCCc2nnc(-c3cccs3)o2)c1. The van der Waals surface area contributed by atoms with Crippen LogP contribution in [0.3, 0.4) is 0 Å². The molecule has 9 nitrogen and oxygen atoms in total. The summed E-state index contributed by atoms with van der Waals surface area (Å²) in [5, 5.41) is 20.4. The van der Waals surface area contributed by atoms with Gasteiger partial charge in [0.2, 0.25) is 15.9 Å². The maximum Gasteiger partial charge on any atom is 0.270 e. The van der Waals surface area contributed by atoms with E-state index in [0.29, 0.717) is 11.8 Å². The lowest BCUT2D eigenvalue weighted by molar-refractivity contribution is -0.385. The maximum atomic E-state index is 12.2. The van der Waals surface area contributed by atoms with E-state index in [-0.39, 0.29) is 23.5 Å². The average Bonchev–Trinajstić information content (AvgIpc) is 3.26. The Balaban J connectivity index is 1.63. The van der Waals surface area contributed by atoms with Gasteiger partial charge in [-0.2, -0.15) is 0 Å². The Morgan fingerprint density at radius 1 is 1.24 bits per heavy atom. The maximum absolute atomic E-state index is 12.2. The van der Waals surface area contributed by atoms with Gasteiger partial charge in [-0.15, -0.1) is 21.5 Å². The molecule has 3 aromatic rings. The Morgan fingerprint density at radius 2 is 2.08 bits per heavy atom. The van der Waals surface area contributed by atoms with E-state index in [1.165, 1.54) is 29.5 Å². The van der Waals surface area contributed by atoms with E-state index in [2.05, 4.69) is 14.9 Å². The van der Waals surface area contributed by atoms with Crippen LogP contribution < -0.4 is 4.72 Å². The van der Waals surface area contributed by atoms with E-state index < -0.39 is 14.9 Å². The van der Waals surface area contributed by atoms with E-state index in [4.69, 9.17) is 4.42 Å². The quantitative estimate of drug-likeness (QED) is 0.491. The molecule has 0 aliphatic heterocycles. The summed E-state index contributed by atoms with van der Waals surface area (Å²) < 4.78 is 32.2. The van der Waals surface area contributed by atoms with Crippen molar-refractivity contribution in [3.8, 4) is 10.8 Å². The highest BCUT2D eigenvalue weighted by molar-refractivity contribution is 7.89. The molecule has 0 amide bonds. The zero-order valence-electron chi connectivity index (χ0n) is 12.7. The third-order valence-corrected chi connectivity index (χ3v) is 5.49. The highest BCUT2D eigenvalue weighted by Gasteiger charge is 2.18. The van der Waals surface area contributed by atoms with E-state index >= 15 is 0 Å². The third kappa shape index (κ3) is 4.07. The molecule has 0 aliphatic carbocycles. The molecule has 0 saturated carbocycles. The summed E-state index contributed by atoms with van der Waals surface area (Å²) in [5.74, 6) is 0.677. The van der Waals surface area contributed by atoms with Crippen LogP contribution in [0.2, 0.25) is 0 Å². The van der Waals surface area contributed by atoms with E-state index in [1.54, 1.807) is 0 Å². The second-order valence-electron chi connectivity index (χ2n) is 4.88. The van der Waals surface area contributed by atoms with E-state index in [9.17, 15) is 18.5 Å². The monoisotopic (exact) mass is 380 g/mol. The van der Waals surface area contributed by atoms with Crippen molar-refractivity contribution in [2.45, 2.75) is 11.3 Å². The zero-order chi connectivity index (χ0) is 17.9. The summed E-state index contributed by atoms with van der Waals surface area (Å²) in [7, 11) is -3.87. The van der Waals surface area contributed by atoms with Crippen molar-refractivity contribution < 1.29 is 17.8 Å². The molecule has 130 valence electrons. The van der Waals surface area contributed by atoms with Gasteiger partial charge in [-0.25, -0.2) is 13.1 Å². The number of non-ortho nitro benzene ring substituents is 1. The van der Waals surface area contributed by atoms with Gasteiger partial charge < -0.3 is 4.42 Å². The molecule has 0 saturated heterocycles. The minimum Gasteiger partial charge on any atom is -0.420 e. The second kappa shape index (κ2) is 7.09. The minimum atomic E-state index is -3.87. The van der Waals surface area contributed by atoms with Crippen LogP contribution in [0.1, 0.15) is 5.89 Å². The Bertz CT molecular complexity index is 982. The molecule has 0 spiro atoms. The fraction of sp³-hybridized carbons (Fsp3) is 0.143. The molecular weight excluding hydrogens is 368 g/mol. The van der Waals surface area contributed by atoms with Crippen LogP contribution in [0.5, 0.6) is 0 Å². The molecule has 0 atom stereocenters. The van der Waals surface area contributed by atoms with Crippen LogP contribution in [-0.4, -0.2) is 30.1 Å². The summed E-state index contributed by atoms with van der Waals surface area (Å²) in [4.78, 5) is 10.7. The number of nitrogens with zero attached hydrogens (tertiary/aromatic N) is 3. The van der Waals surface area contributed by atoms with E-state index in [0.717, 1.165) is 10.9 Å². The lowest BCUT2D eigenvalue weighted by Gasteiger charge is -2.05. The Hall–Kier alpha value is -2.63. The van der Waals surface area contributed by atoms with Gasteiger partial charge in [-0.05, 0) is 17.5 Å². The first-order valence-electron chi connectivity index (χ1n) is 7.06. The fourth-order valence-electron chi connectivity index (χ4n) is 1.99. The average molecular weight is 380 g/mol. The van der Waals surface area contributed by atoms with Gasteiger partial charge in [-0.3, -0.25) is 10.1 Å². The van der Waals surface area contributed by atoms with Gasteiger partial charge in [0.15, 0.2) is 0 Å². The zero-order valence-corrected chi connectivity index (χ0v) is 14.3. The highest BCUT2D eigenvalue weighted by atomic mass is 32.2. The molecule has 0 unspecified atom stereocenters. The van der Waals surface area contributed by atoms with Crippen LogP contribution >= 0.6 is 11.3 Å². The van der Waals surface area contributed by atoms with Gasteiger partial charge >= 0.3 is 0 Å². The fourth-order valence-corrected chi connectivity index (χ4v) is 3.71. The minimum absolute atomic E-state index is 0.0249. The summed E-state index contributed by atoms with van der Waals surface area (Å²) in [6, 6.07) is 8.53. The van der Waals surface area contributed by atoms with Gasteiger partial charge in [0, 0.05) is 25.1 Å². The number of nitrogens with one attached hydrogen (secondary N) is 1. The number of sulfonamides is 1. The molecule has 25 heavy (non-hydrogen) atoms. The first kappa shape index (κ1) is 17.2. The summed E-state index contributed by atoms with van der Waals surface area (Å²) in [5.41, 5.74) is -0.291. The normalized spacial score (nSPS) is 11.5. The second-order valence-corrected chi connectivity index (χ2v) is 7.60. The Labute approximate surface area is 146 Å². The molecule has 1 aromatic carbocycles. The molecule has 1 N–H and O–H groups in total. The topological polar surface area (TPSA) is 128 Å². The van der Waals surface area contributed by atoms with Crippen LogP contribution in [-0.2, 0) is 16.4 Å². The number of thiophene rings is 1.